The number of phosphoric acid groups is 1. The van der Waals surface area contributed by atoms with Crippen molar-refractivity contribution in [3.63, 3.8) is 0 Å². The standard InChI is InChI=1S/C27H56NO4P/c1-5-6-7-8-9-10-11-12-13-14-15-16-17-18-19-22-25-31-33(29,30)32-26-27(28(2,3)4)23-20-21-24-27/h5-26H2,1-4H3. The number of hydrogen-bond donors (Lipinski definition) is 0. The van der Waals surface area contributed by atoms with E-state index >= 15 is 0 Å². The first kappa shape index (κ1) is 31.1. The Morgan fingerprint density at radius 2 is 1.09 bits per heavy atom. The minimum atomic E-state index is -4.21. The van der Waals surface area contributed by atoms with Gasteiger partial charge in [0.05, 0.1) is 27.7 Å². The normalized spacial score (nSPS) is 18.0. The fourth-order valence-electron chi connectivity index (χ4n) is 5.10. The second-order valence-corrected chi connectivity index (χ2v) is 12.7. The highest BCUT2D eigenvalue weighted by atomic mass is 31.2. The van der Waals surface area contributed by atoms with E-state index in [0.717, 1.165) is 49.4 Å². The number of likely N-dealkylation sites (N-methyl/N-ethyl adjacent to an activating group) is 1. The fourth-order valence-corrected chi connectivity index (χ4v) is 5.93. The van der Waals surface area contributed by atoms with Crippen molar-refractivity contribution in [2.45, 2.75) is 141 Å². The molecule has 198 valence electrons. The maximum absolute atomic E-state index is 12.2. The molecule has 33 heavy (non-hydrogen) atoms. The molecule has 0 aromatic rings. The average Bonchev–Trinajstić information content (AvgIpc) is 3.25. The zero-order chi connectivity index (χ0) is 24.5. The lowest BCUT2D eigenvalue weighted by Gasteiger charge is -2.44. The summed E-state index contributed by atoms with van der Waals surface area (Å²) in [5.41, 5.74) is -0.113. The van der Waals surface area contributed by atoms with Gasteiger partial charge >= 0.3 is 0 Å². The molecular formula is C27H56NO4P. The maximum Gasteiger partial charge on any atom is 0.268 e. The van der Waals surface area contributed by atoms with Crippen molar-refractivity contribution in [1.29, 1.82) is 0 Å². The molecule has 0 spiro atoms. The molecule has 0 aliphatic heterocycles. The van der Waals surface area contributed by atoms with Crippen molar-refractivity contribution < 1.29 is 23.0 Å². The molecule has 1 aliphatic rings. The summed E-state index contributed by atoms with van der Waals surface area (Å²) in [4.78, 5) is 12.2. The predicted octanol–water partition coefficient (Wildman–Crippen LogP) is 7.77. The van der Waals surface area contributed by atoms with Gasteiger partial charge in [-0.1, -0.05) is 103 Å². The summed E-state index contributed by atoms with van der Waals surface area (Å²) >= 11 is 0. The van der Waals surface area contributed by atoms with E-state index < -0.39 is 7.82 Å². The molecular weight excluding hydrogens is 433 g/mol. The van der Waals surface area contributed by atoms with Gasteiger partial charge in [0.15, 0.2) is 0 Å². The molecule has 1 atom stereocenters. The van der Waals surface area contributed by atoms with Gasteiger partial charge in [0.1, 0.15) is 12.1 Å². The van der Waals surface area contributed by atoms with E-state index in [4.69, 9.17) is 9.05 Å². The lowest BCUT2D eigenvalue weighted by atomic mass is 9.95. The summed E-state index contributed by atoms with van der Waals surface area (Å²) in [6.45, 7) is 2.75. The summed E-state index contributed by atoms with van der Waals surface area (Å²) in [7, 11) is 2.17. The molecule has 0 aromatic carbocycles. The van der Waals surface area contributed by atoms with Gasteiger partial charge in [-0.3, -0.25) is 4.57 Å². The molecule has 1 saturated carbocycles. The molecule has 1 rings (SSSR count). The number of phosphoric ester groups is 1. The summed E-state index contributed by atoms with van der Waals surface area (Å²) in [5.74, 6) is 0. The second kappa shape index (κ2) is 17.5. The zero-order valence-corrected chi connectivity index (χ0v) is 23.5. The third-order valence-electron chi connectivity index (χ3n) is 7.70. The van der Waals surface area contributed by atoms with Crippen molar-refractivity contribution in [3.05, 3.63) is 0 Å². The SMILES string of the molecule is CCCCCCCCCCCCCCCCCCOP(=O)([O-])OCC1([N+](C)(C)C)CCCC1. The first-order valence-corrected chi connectivity index (χ1v) is 15.6. The monoisotopic (exact) mass is 489 g/mol. The van der Waals surface area contributed by atoms with Crippen molar-refractivity contribution in [2.24, 2.45) is 0 Å². The van der Waals surface area contributed by atoms with E-state index in [9.17, 15) is 9.46 Å². The average molecular weight is 490 g/mol. The van der Waals surface area contributed by atoms with Crippen LogP contribution in [-0.2, 0) is 13.6 Å². The Morgan fingerprint density at radius 1 is 0.697 bits per heavy atom. The highest BCUT2D eigenvalue weighted by molar-refractivity contribution is 7.45. The zero-order valence-electron chi connectivity index (χ0n) is 22.6. The number of unbranched alkanes of at least 4 members (excludes halogenated alkanes) is 15. The number of quaternary nitrogens is 1. The van der Waals surface area contributed by atoms with E-state index in [1.165, 1.54) is 83.5 Å². The molecule has 1 unspecified atom stereocenters. The van der Waals surface area contributed by atoms with Crippen LogP contribution in [0.15, 0.2) is 0 Å². The van der Waals surface area contributed by atoms with Gasteiger partial charge in [0, 0.05) is 12.8 Å². The first-order valence-electron chi connectivity index (χ1n) is 14.1. The summed E-state index contributed by atoms with van der Waals surface area (Å²) in [5, 5.41) is 0. The van der Waals surface area contributed by atoms with Gasteiger partial charge < -0.3 is 18.4 Å². The molecule has 0 radical (unpaired) electrons. The van der Waals surface area contributed by atoms with Gasteiger partial charge in [-0.05, 0) is 19.3 Å². The lowest BCUT2D eigenvalue weighted by molar-refractivity contribution is -0.923. The number of rotatable bonds is 22. The fraction of sp³-hybridized carbons (Fsp3) is 1.00. The topological polar surface area (TPSA) is 58.6 Å². The van der Waals surface area contributed by atoms with Crippen molar-refractivity contribution in [2.75, 3.05) is 34.4 Å². The van der Waals surface area contributed by atoms with E-state index in [-0.39, 0.29) is 18.8 Å². The predicted molar refractivity (Wildman–Crippen MR) is 138 cm³/mol. The maximum atomic E-state index is 12.2. The molecule has 1 fully saturated rings. The van der Waals surface area contributed by atoms with E-state index in [1.54, 1.807) is 0 Å². The number of nitrogens with zero attached hydrogens (tertiary/aromatic N) is 1. The molecule has 0 bridgehead atoms. The Kier molecular flexibility index (Phi) is 16.5. The molecule has 5 nitrogen and oxygen atoms in total. The summed E-state index contributed by atoms with van der Waals surface area (Å²) in [6, 6.07) is 0. The van der Waals surface area contributed by atoms with Crippen LogP contribution in [0.25, 0.3) is 0 Å². The van der Waals surface area contributed by atoms with Crippen LogP contribution < -0.4 is 4.89 Å². The largest absolute Gasteiger partial charge is 0.756 e. The molecule has 0 aromatic heterocycles. The van der Waals surface area contributed by atoms with Gasteiger partial charge in [0.2, 0.25) is 0 Å². The molecule has 0 N–H and O–H groups in total. The van der Waals surface area contributed by atoms with Crippen LogP contribution >= 0.6 is 7.82 Å². The summed E-state index contributed by atoms with van der Waals surface area (Å²) < 4.78 is 23.4. The van der Waals surface area contributed by atoms with Gasteiger partial charge in [0.25, 0.3) is 7.82 Å². The minimum absolute atomic E-state index is 0.113. The molecule has 1 aliphatic carbocycles. The third-order valence-corrected chi connectivity index (χ3v) is 8.64. The van der Waals surface area contributed by atoms with Gasteiger partial charge in [-0.25, -0.2) is 0 Å². The van der Waals surface area contributed by atoms with Crippen molar-refractivity contribution in [3.8, 4) is 0 Å². The molecule has 0 heterocycles. The van der Waals surface area contributed by atoms with Crippen LogP contribution in [-0.4, -0.2) is 44.4 Å². The summed E-state index contributed by atoms with van der Waals surface area (Å²) in [6.07, 6.45) is 25.2. The third kappa shape index (κ3) is 14.3. The van der Waals surface area contributed by atoms with Gasteiger partial charge in [-0.15, -0.1) is 0 Å². The van der Waals surface area contributed by atoms with Crippen LogP contribution in [0.1, 0.15) is 135 Å². The quantitative estimate of drug-likeness (QED) is 0.0885. The van der Waals surface area contributed by atoms with Crippen LogP contribution in [0.4, 0.5) is 0 Å². The Bertz CT molecular complexity index is 515. The van der Waals surface area contributed by atoms with E-state index in [0.29, 0.717) is 0 Å². The van der Waals surface area contributed by atoms with Crippen LogP contribution in [0.2, 0.25) is 0 Å². The van der Waals surface area contributed by atoms with Gasteiger partial charge in [-0.2, -0.15) is 0 Å². The minimum Gasteiger partial charge on any atom is -0.756 e. The van der Waals surface area contributed by atoms with Crippen molar-refractivity contribution in [1.82, 2.24) is 0 Å². The smallest absolute Gasteiger partial charge is 0.268 e. The Labute approximate surface area is 206 Å². The Hall–Kier alpha value is 0.0700. The highest BCUT2D eigenvalue weighted by Gasteiger charge is 2.46. The Balaban J connectivity index is 1.93. The first-order chi connectivity index (χ1) is 15.7. The highest BCUT2D eigenvalue weighted by Crippen LogP contribution is 2.44. The molecule has 0 amide bonds. The van der Waals surface area contributed by atoms with Crippen LogP contribution in [0.3, 0.4) is 0 Å². The molecule has 0 saturated heterocycles. The lowest BCUT2D eigenvalue weighted by Crippen LogP contribution is -2.58. The van der Waals surface area contributed by atoms with Crippen LogP contribution in [0.5, 0.6) is 0 Å². The molecule has 6 heteroatoms. The van der Waals surface area contributed by atoms with E-state index in [2.05, 4.69) is 28.1 Å². The van der Waals surface area contributed by atoms with E-state index in [1.807, 2.05) is 0 Å². The second-order valence-electron chi connectivity index (χ2n) is 11.3. The number of hydrogen-bond acceptors (Lipinski definition) is 4. The van der Waals surface area contributed by atoms with Crippen molar-refractivity contribution >= 4 is 7.82 Å². The van der Waals surface area contributed by atoms with Crippen LogP contribution in [0, 0.1) is 0 Å². The Morgan fingerprint density at radius 3 is 1.48 bits per heavy atom.